The van der Waals surface area contributed by atoms with Gasteiger partial charge in [0, 0.05) is 12.1 Å². The van der Waals surface area contributed by atoms with E-state index in [9.17, 15) is 0 Å². The number of hydrogen-bond acceptors (Lipinski definition) is 1. The van der Waals surface area contributed by atoms with E-state index in [0.29, 0.717) is 0 Å². The van der Waals surface area contributed by atoms with Gasteiger partial charge in [-0.2, -0.15) is 0 Å². The maximum atomic E-state index is 2.62. The summed E-state index contributed by atoms with van der Waals surface area (Å²) in [4.78, 5) is 2.62. The van der Waals surface area contributed by atoms with Crippen molar-refractivity contribution in [2.75, 3.05) is 6.54 Å². The maximum Gasteiger partial charge on any atom is 0.00952 e. The van der Waals surface area contributed by atoms with Crippen LogP contribution in [0.25, 0.3) is 0 Å². The molecule has 1 rings (SSSR count). The zero-order valence-corrected chi connectivity index (χ0v) is 8.30. The standard InChI is InChI=1S/C10H21N/c1-8(2)11-7-5-6-9(3)10(11)4/h8-10H,5-7H2,1-4H3/t9-,10+/m1/s1. The van der Waals surface area contributed by atoms with Crippen LogP contribution in [0.4, 0.5) is 0 Å². The lowest BCUT2D eigenvalue weighted by molar-refractivity contribution is 0.0830. The molecule has 0 aromatic heterocycles. The molecule has 11 heavy (non-hydrogen) atoms. The van der Waals surface area contributed by atoms with Crippen molar-refractivity contribution in [3.05, 3.63) is 0 Å². The van der Waals surface area contributed by atoms with Crippen LogP contribution in [0, 0.1) is 5.92 Å². The van der Waals surface area contributed by atoms with E-state index in [4.69, 9.17) is 0 Å². The number of rotatable bonds is 1. The van der Waals surface area contributed by atoms with Crippen LogP contribution in [-0.4, -0.2) is 23.5 Å². The molecule has 1 aliphatic heterocycles. The fourth-order valence-corrected chi connectivity index (χ4v) is 2.10. The molecule has 0 aromatic carbocycles. The minimum absolute atomic E-state index is 0.729. The van der Waals surface area contributed by atoms with Crippen molar-refractivity contribution in [3.63, 3.8) is 0 Å². The summed E-state index contributed by atoms with van der Waals surface area (Å²) in [6.07, 6.45) is 2.81. The van der Waals surface area contributed by atoms with Crippen molar-refractivity contribution in [3.8, 4) is 0 Å². The average molecular weight is 155 g/mol. The normalized spacial score (nSPS) is 34.6. The van der Waals surface area contributed by atoms with E-state index in [2.05, 4.69) is 32.6 Å². The van der Waals surface area contributed by atoms with E-state index in [1.807, 2.05) is 0 Å². The lowest BCUT2D eigenvalue weighted by Crippen LogP contribution is -2.46. The van der Waals surface area contributed by atoms with Crippen LogP contribution >= 0.6 is 0 Å². The van der Waals surface area contributed by atoms with Gasteiger partial charge < -0.3 is 0 Å². The van der Waals surface area contributed by atoms with Gasteiger partial charge in [0.15, 0.2) is 0 Å². The van der Waals surface area contributed by atoms with E-state index >= 15 is 0 Å². The Balaban J connectivity index is 2.51. The fraction of sp³-hybridized carbons (Fsp3) is 1.00. The average Bonchev–Trinajstić information content (AvgIpc) is 1.94. The molecule has 1 heterocycles. The molecule has 1 saturated heterocycles. The molecule has 1 aliphatic rings. The second-order valence-corrected chi connectivity index (χ2v) is 4.19. The quantitative estimate of drug-likeness (QED) is 0.562. The Morgan fingerprint density at radius 2 is 1.91 bits per heavy atom. The molecule has 66 valence electrons. The summed E-state index contributed by atoms with van der Waals surface area (Å²) in [5, 5.41) is 0. The van der Waals surface area contributed by atoms with E-state index < -0.39 is 0 Å². The summed E-state index contributed by atoms with van der Waals surface area (Å²) in [7, 11) is 0. The van der Waals surface area contributed by atoms with Crippen LogP contribution < -0.4 is 0 Å². The van der Waals surface area contributed by atoms with Gasteiger partial charge in [-0.05, 0) is 46.1 Å². The Bertz CT molecular complexity index is 120. The highest BCUT2D eigenvalue weighted by atomic mass is 15.2. The van der Waals surface area contributed by atoms with Crippen molar-refractivity contribution < 1.29 is 0 Å². The SMILES string of the molecule is CC(C)N1CCC[C@@H](C)[C@@H]1C. The highest BCUT2D eigenvalue weighted by Crippen LogP contribution is 2.24. The van der Waals surface area contributed by atoms with Gasteiger partial charge in [0.05, 0.1) is 0 Å². The number of hydrogen-bond donors (Lipinski definition) is 0. The Labute approximate surface area is 70.8 Å². The topological polar surface area (TPSA) is 3.24 Å². The van der Waals surface area contributed by atoms with Crippen molar-refractivity contribution in [1.29, 1.82) is 0 Å². The van der Waals surface area contributed by atoms with Crippen LogP contribution in [0.1, 0.15) is 40.5 Å². The first-order valence-corrected chi connectivity index (χ1v) is 4.88. The van der Waals surface area contributed by atoms with E-state index in [0.717, 1.165) is 18.0 Å². The number of piperidine rings is 1. The van der Waals surface area contributed by atoms with Crippen LogP contribution in [0.5, 0.6) is 0 Å². The molecule has 0 spiro atoms. The minimum Gasteiger partial charge on any atom is -0.298 e. The highest BCUT2D eigenvalue weighted by Gasteiger charge is 2.25. The van der Waals surface area contributed by atoms with Crippen LogP contribution in [0.3, 0.4) is 0 Å². The summed E-state index contributed by atoms with van der Waals surface area (Å²) in [6, 6.07) is 1.52. The summed E-state index contributed by atoms with van der Waals surface area (Å²) >= 11 is 0. The lowest BCUT2D eigenvalue weighted by Gasteiger charge is -2.40. The Kier molecular flexibility index (Phi) is 2.94. The summed E-state index contributed by atoms with van der Waals surface area (Å²) in [5.74, 6) is 0.895. The third kappa shape index (κ3) is 1.96. The first kappa shape index (κ1) is 9.05. The molecule has 2 atom stereocenters. The van der Waals surface area contributed by atoms with Crippen LogP contribution in [0.15, 0.2) is 0 Å². The zero-order valence-electron chi connectivity index (χ0n) is 8.30. The van der Waals surface area contributed by atoms with Gasteiger partial charge in [0.2, 0.25) is 0 Å². The predicted molar refractivity (Wildman–Crippen MR) is 49.7 cm³/mol. The molecule has 0 radical (unpaired) electrons. The Hall–Kier alpha value is -0.0400. The first-order valence-electron chi connectivity index (χ1n) is 4.88. The molecule has 0 amide bonds. The van der Waals surface area contributed by atoms with Crippen molar-refractivity contribution >= 4 is 0 Å². The van der Waals surface area contributed by atoms with E-state index in [1.165, 1.54) is 19.4 Å². The molecule has 1 fully saturated rings. The molecule has 0 aliphatic carbocycles. The third-order valence-electron chi connectivity index (χ3n) is 3.09. The zero-order chi connectivity index (χ0) is 8.43. The smallest absolute Gasteiger partial charge is 0.00952 e. The third-order valence-corrected chi connectivity index (χ3v) is 3.09. The maximum absolute atomic E-state index is 2.62. The second-order valence-electron chi connectivity index (χ2n) is 4.19. The fourth-order valence-electron chi connectivity index (χ4n) is 2.10. The van der Waals surface area contributed by atoms with Crippen molar-refractivity contribution in [2.45, 2.75) is 52.6 Å². The number of likely N-dealkylation sites (tertiary alicyclic amines) is 1. The van der Waals surface area contributed by atoms with Gasteiger partial charge >= 0.3 is 0 Å². The minimum atomic E-state index is 0.729. The first-order chi connectivity index (χ1) is 5.13. The molecular formula is C10H21N. The van der Waals surface area contributed by atoms with Gasteiger partial charge in [-0.3, -0.25) is 4.90 Å². The summed E-state index contributed by atoms with van der Waals surface area (Å²) in [5.41, 5.74) is 0. The molecule has 1 nitrogen and oxygen atoms in total. The van der Waals surface area contributed by atoms with Gasteiger partial charge in [0.25, 0.3) is 0 Å². The molecule has 0 aromatic rings. The second kappa shape index (κ2) is 3.57. The summed E-state index contributed by atoms with van der Waals surface area (Å²) in [6.45, 7) is 10.6. The molecule has 0 saturated carbocycles. The summed E-state index contributed by atoms with van der Waals surface area (Å²) < 4.78 is 0. The van der Waals surface area contributed by atoms with E-state index in [-0.39, 0.29) is 0 Å². The lowest BCUT2D eigenvalue weighted by atomic mass is 9.91. The highest BCUT2D eigenvalue weighted by molar-refractivity contribution is 4.80. The van der Waals surface area contributed by atoms with Crippen molar-refractivity contribution in [1.82, 2.24) is 4.90 Å². The monoisotopic (exact) mass is 155 g/mol. The molecule has 0 unspecified atom stereocenters. The number of nitrogens with zero attached hydrogens (tertiary/aromatic N) is 1. The molecule has 1 heteroatoms. The van der Waals surface area contributed by atoms with Crippen molar-refractivity contribution in [2.24, 2.45) is 5.92 Å². The van der Waals surface area contributed by atoms with Crippen LogP contribution in [-0.2, 0) is 0 Å². The van der Waals surface area contributed by atoms with Gasteiger partial charge in [0.1, 0.15) is 0 Å². The Morgan fingerprint density at radius 3 is 2.36 bits per heavy atom. The Morgan fingerprint density at radius 1 is 1.27 bits per heavy atom. The van der Waals surface area contributed by atoms with Crippen LogP contribution in [0.2, 0.25) is 0 Å². The largest absolute Gasteiger partial charge is 0.298 e. The van der Waals surface area contributed by atoms with Gasteiger partial charge in [-0.15, -0.1) is 0 Å². The van der Waals surface area contributed by atoms with Gasteiger partial charge in [-0.1, -0.05) is 6.92 Å². The molecule has 0 bridgehead atoms. The predicted octanol–water partition coefficient (Wildman–Crippen LogP) is 2.52. The molecule has 0 N–H and O–H groups in total. The van der Waals surface area contributed by atoms with E-state index in [1.54, 1.807) is 0 Å². The molecular weight excluding hydrogens is 134 g/mol. The van der Waals surface area contributed by atoms with Gasteiger partial charge in [-0.25, -0.2) is 0 Å².